The maximum absolute atomic E-state index is 3.52. The van der Waals surface area contributed by atoms with E-state index in [1.54, 1.807) is 0 Å². The zero-order chi connectivity index (χ0) is 10.7. The lowest BCUT2D eigenvalue weighted by molar-refractivity contribution is 1.42. The van der Waals surface area contributed by atoms with Crippen LogP contribution in [0.1, 0.15) is 5.56 Å². The minimum absolute atomic E-state index is 1.08. The summed E-state index contributed by atoms with van der Waals surface area (Å²) in [6.07, 6.45) is 0. The highest BCUT2D eigenvalue weighted by molar-refractivity contribution is 9.10. The summed E-state index contributed by atoms with van der Waals surface area (Å²) in [4.78, 5) is 0. The molecule has 0 fully saturated rings. The molecule has 2 heteroatoms. The van der Waals surface area contributed by atoms with E-state index in [0.717, 1.165) is 15.8 Å². The first kappa shape index (κ1) is 10.2. The Kier molecular flexibility index (Phi) is 3.07. The number of hydrogen-bond acceptors (Lipinski definition) is 1. The quantitative estimate of drug-likeness (QED) is 0.840. The zero-order valence-corrected chi connectivity index (χ0v) is 10.1. The van der Waals surface area contributed by atoms with Crippen LogP contribution in [0.25, 0.3) is 0 Å². The van der Waals surface area contributed by atoms with Gasteiger partial charge in [-0.05, 0) is 46.6 Å². The number of para-hydroxylation sites is 2. The van der Waals surface area contributed by atoms with Crippen LogP contribution in [0.3, 0.4) is 0 Å². The van der Waals surface area contributed by atoms with Gasteiger partial charge in [-0.1, -0.05) is 30.3 Å². The molecule has 1 N–H and O–H groups in total. The van der Waals surface area contributed by atoms with Crippen molar-refractivity contribution in [2.75, 3.05) is 5.32 Å². The molecule has 0 atom stereocenters. The van der Waals surface area contributed by atoms with Crippen molar-refractivity contribution in [1.29, 1.82) is 0 Å². The van der Waals surface area contributed by atoms with Crippen molar-refractivity contribution in [3.05, 3.63) is 58.6 Å². The van der Waals surface area contributed by atoms with Gasteiger partial charge in [-0.3, -0.25) is 0 Å². The number of anilines is 2. The molecule has 1 nitrogen and oxygen atoms in total. The second-order valence-corrected chi connectivity index (χ2v) is 4.27. The van der Waals surface area contributed by atoms with Gasteiger partial charge in [0.15, 0.2) is 0 Å². The Morgan fingerprint density at radius 3 is 2.13 bits per heavy atom. The number of benzene rings is 2. The van der Waals surface area contributed by atoms with E-state index < -0.39 is 0 Å². The van der Waals surface area contributed by atoms with Gasteiger partial charge in [0, 0.05) is 10.2 Å². The Bertz CT molecular complexity index is 422. The summed E-state index contributed by atoms with van der Waals surface area (Å²) in [6, 6.07) is 16.4. The molecule has 0 heterocycles. The van der Waals surface area contributed by atoms with Gasteiger partial charge in [-0.2, -0.15) is 0 Å². The molecule has 0 aliphatic carbocycles. The number of rotatable bonds is 2. The van der Waals surface area contributed by atoms with Crippen molar-refractivity contribution in [3.63, 3.8) is 0 Å². The molecule has 0 radical (unpaired) electrons. The predicted octanol–water partition coefficient (Wildman–Crippen LogP) is 4.50. The summed E-state index contributed by atoms with van der Waals surface area (Å²) < 4.78 is 1.08. The van der Waals surface area contributed by atoms with E-state index in [9.17, 15) is 0 Å². The van der Waals surface area contributed by atoms with E-state index in [0.29, 0.717) is 0 Å². The second kappa shape index (κ2) is 4.49. The van der Waals surface area contributed by atoms with Crippen LogP contribution in [-0.4, -0.2) is 0 Å². The molecule has 0 aromatic heterocycles. The fourth-order valence-corrected chi connectivity index (χ4v) is 1.80. The fraction of sp³-hybridized carbons (Fsp3) is 0.0769. The summed E-state index contributed by atoms with van der Waals surface area (Å²) >= 11 is 3.52. The molecule has 2 aromatic carbocycles. The third-order valence-electron chi connectivity index (χ3n) is 2.29. The topological polar surface area (TPSA) is 12.0 Å². The van der Waals surface area contributed by atoms with Gasteiger partial charge in [0.25, 0.3) is 0 Å². The van der Waals surface area contributed by atoms with Crippen LogP contribution in [-0.2, 0) is 0 Å². The first-order chi connectivity index (χ1) is 7.27. The molecule has 0 spiro atoms. The standard InChI is InChI=1S/C13H12BrN/c1-10-6-2-4-8-12(10)15-13-9-5-3-7-11(13)14/h2-9,15H,1H3. The lowest BCUT2D eigenvalue weighted by Crippen LogP contribution is -1.93. The second-order valence-electron chi connectivity index (χ2n) is 3.42. The number of halogens is 1. The number of hydrogen-bond donors (Lipinski definition) is 1. The van der Waals surface area contributed by atoms with Crippen LogP contribution in [0.4, 0.5) is 11.4 Å². The van der Waals surface area contributed by atoms with Crippen molar-refractivity contribution >= 4 is 27.3 Å². The molecule has 2 aromatic rings. The summed E-state index contributed by atoms with van der Waals surface area (Å²) in [6.45, 7) is 2.10. The first-order valence-electron chi connectivity index (χ1n) is 4.84. The molecule has 15 heavy (non-hydrogen) atoms. The van der Waals surface area contributed by atoms with Crippen LogP contribution >= 0.6 is 15.9 Å². The molecule has 0 aliphatic rings. The van der Waals surface area contributed by atoms with Gasteiger partial charge in [0.1, 0.15) is 0 Å². The van der Waals surface area contributed by atoms with Gasteiger partial charge in [-0.25, -0.2) is 0 Å². The van der Waals surface area contributed by atoms with Crippen LogP contribution in [0.2, 0.25) is 0 Å². The van der Waals surface area contributed by atoms with Gasteiger partial charge in [-0.15, -0.1) is 0 Å². The number of nitrogens with one attached hydrogen (secondary N) is 1. The zero-order valence-electron chi connectivity index (χ0n) is 8.50. The highest BCUT2D eigenvalue weighted by Gasteiger charge is 2.00. The van der Waals surface area contributed by atoms with Gasteiger partial charge < -0.3 is 5.32 Å². The van der Waals surface area contributed by atoms with Gasteiger partial charge >= 0.3 is 0 Å². The monoisotopic (exact) mass is 261 g/mol. The average molecular weight is 262 g/mol. The van der Waals surface area contributed by atoms with Crippen molar-refractivity contribution in [1.82, 2.24) is 0 Å². The summed E-state index contributed by atoms with van der Waals surface area (Å²) in [5.74, 6) is 0. The van der Waals surface area contributed by atoms with Crippen molar-refractivity contribution in [3.8, 4) is 0 Å². The normalized spacial score (nSPS) is 10.0. The third-order valence-corrected chi connectivity index (χ3v) is 2.98. The lowest BCUT2D eigenvalue weighted by Gasteiger charge is -2.10. The molecule has 0 saturated carbocycles. The Labute approximate surface area is 98.3 Å². The van der Waals surface area contributed by atoms with Gasteiger partial charge in [0.2, 0.25) is 0 Å². The van der Waals surface area contributed by atoms with E-state index in [1.807, 2.05) is 30.3 Å². The number of aryl methyl sites for hydroxylation is 1. The minimum atomic E-state index is 1.08. The van der Waals surface area contributed by atoms with Crippen molar-refractivity contribution in [2.45, 2.75) is 6.92 Å². The molecule has 0 bridgehead atoms. The molecular formula is C13H12BrN. The van der Waals surface area contributed by atoms with E-state index >= 15 is 0 Å². The minimum Gasteiger partial charge on any atom is -0.354 e. The highest BCUT2D eigenvalue weighted by Crippen LogP contribution is 2.26. The Balaban J connectivity index is 2.30. The van der Waals surface area contributed by atoms with Crippen LogP contribution in [0.15, 0.2) is 53.0 Å². The molecule has 2 rings (SSSR count). The van der Waals surface area contributed by atoms with Crippen molar-refractivity contribution < 1.29 is 0 Å². The van der Waals surface area contributed by atoms with Crippen molar-refractivity contribution in [2.24, 2.45) is 0 Å². The molecule has 0 aliphatic heterocycles. The van der Waals surface area contributed by atoms with E-state index in [-0.39, 0.29) is 0 Å². The summed E-state index contributed by atoms with van der Waals surface area (Å²) in [7, 11) is 0. The Morgan fingerprint density at radius 1 is 0.867 bits per heavy atom. The summed E-state index contributed by atoms with van der Waals surface area (Å²) in [5, 5.41) is 3.39. The Morgan fingerprint density at radius 2 is 1.47 bits per heavy atom. The van der Waals surface area contributed by atoms with E-state index in [2.05, 4.69) is 46.4 Å². The lowest BCUT2D eigenvalue weighted by atomic mass is 10.2. The first-order valence-corrected chi connectivity index (χ1v) is 5.64. The fourth-order valence-electron chi connectivity index (χ4n) is 1.42. The average Bonchev–Trinajstić information content (AvgIpc) is 2.24. The van der Waals surface area contributed by atoms with Crippen LogP contribution in [0.5, 0.6) is 0 Å². The highest BCUT2D eigenvalue weighted by atomic mass is 79.9. The third kappa shape index (κ3) is 2.39. The van der Waals surface area contributed by atoms with Crippen LogP contribution < -0.4 is 5.32 Å². The maximum atomic E-state index is 3.52. The SMILES string of the molecule is Cc1ccccc1Nc1ccccc1Br. The molecule has 0 saturated heterocycles. The smallest absolute Gasteiger partial charge is 0.0528 e. The predicted molar refractivity (Wildman–Crippen MR) is 68.6 cm³/mol. The molecular weight excluding hydrogens is 250 g/mol. The molecule has 76 valence electrons. The van der Waals surface area contributed by atoms with E-state index in [4.69, 9.17) is 0 Å². The van der Waals surface area contributed by atoms with E-state index in [1.165, 1.54) is 5.56 Å². The summed E-state index contributed by atoms with van der Waals surface area (Å²) in [5.41, 5.74) is 3.48. The Hall–Kier alpha value is -1.28. The largest absolute Gasteiger partial charge is 0.354 e. The molecule has 0 unspecified atom stereocenters. The van der Waals surface area contributed by atoms with Crippen LogP contribution in [0, 0.1) is 6.92 Å². The molecule has 0 amide bonds. The maximum Gasteiger partial charge on any atom is 0.0528 e. The van der Waals surface area contributed by atoms with Gasteiger partial charge in [0.05, 0.1) is 5.69 Å².